The largest absolute Gasteiger partial charge is 0.355 e. The standard InChI is InChI=1S/C21H25N5O4S/c1-22-21(28)14-6-5-7-15(12-14)23-20(27)11-10-19-24-17-13-16(31(29,30)25(2)3)8-9-18(17)26(19)4/h5-9,12-13H,10-11H2,1-4H3,(H,22,28)(H,23,27). The molecule has 0 atom stereocenters. The fourth-order valence-corrected chi connectivity index (χ4v) is 4.08. The first kappa shape index (κ1) is 22.4. The number of nitrogens with zero attached hydrogens (tertiary/aromatic N) is 3. The number of carbonyl (C=O) groups excluding carboxylic acids is 2. The summed E-state index contributed by atoms with van der Waals surface area (Å²) in [6.07, 6.45) is 0.562. The maximum Gasteiger partial charge on any atom is 0.251 e. The molecule has 2 aromatic carbocycles. The molecule has 0 spiro atoms. The normalized spacial score (nSPS) is 11.6. The van der Waals surface area contributed by atoms with Crippen LogP contribution in [0.1, 0.15) is 22.6 Å². The lowest BCUT2D eigenvalue weighted by molar-refractivity contribution is -0.116. The van der Waals surface area contributed by atoms with E-state index in [2.05, 4.69) is 15.6 Å². The molecule has 0 aliphatic heterocycles. The van der Waals surface area contributed by atoms with Crippen LogP contribution in [0.3, 0.4) is 0 Å². The highest BCUT2D eigenvalue weighted by molar-refractivity contribution is 7.89. The molecule has 0 aliphatic rings. The smallest absolute Gasteiger partial charge is 0.251 e. The van der Waals surface area contributed by atoms with E-state index in [4.69, 9.17) is 0 Å². The fraction of sp³-hybridized carbons (Fsp3) is 0.286. The van der Waals surface area contributed by atoms with Crippen molar-refractivity contribution in [1.29, 1.82) is 0 Å². The monoisotopic (exact) mass is 443 g/mol. The predicted octanol–water partition coefficient (Wildman–Crippen LogP) is 1.75. The van der Waals surface area contributed by atoms with Crippen molar-refractivity contribution in [2.24, 2.45) is 7.05 Å². The Bertz CT molecular complexity index is 1250. The zero-order valence-electron chi connectivity index (χ0n) is 17.8. The van der Waals surface area contributed by atoms with Crippen molar-refractivity contribution >= 4 is 38.6 Å². The summed E-state index contributed by atoms with van der Waals surface area (Å²) in [6.45, 7) is 0. The number of hydrogen-bond donors (Lipinski definition) is 2. The van der Waals surface area contributed by atoms with Crippen LogP contribution in [-0.2, 0) is 28.3 Å². The van der Waals surface area contributed by atoms with Crippen molar-refractivity contribution in [2.45, 2.75) is 17.7 Å². The third kappa shape index (κ3) is 4.75. The topological polar surface area (TPSA) is 113 Å². The van der Waals surface area contributed by atoms with Crippen molar-refractivity contribution in [3.63, 3.8) is 0 Å². The van der Waals surface area contributed by atoms with E-state index in [1.54, 1.807) is 49.5 Å². The van der Waals surface area contributed by atoms with E-state index in [0.29, 0.717) is 29.0 Å². The Morgan fingerprint density at radius 3 is 2.55 bits per heavy atom. The lowest BCUT2D eigenvalue weighted by atomic mass is 10.2. The number of benzene rings is 2. The van der Waals surface area contributed by atoms with Gasteiger partial charge < -0.3 is 15.2 Å². The third-order valence-corrected chi connectivity index (χ3v) is 6.75. The van der Waals surface area contributed by atoms with E-state index in [9.17, 15) is 18.0 Å². The van der Waals surface area contributed by atoms with Gasteiger partial charge in [0.2, 0.25) is 15.9 Å². The molecular formula is C21H25N5O4S. The number of aryl methyl sites for hydroxylation is 2. The molecule has 3 rings (SSSR count). The predicted molar refractivity (Wildman–Crippen MR) is 118 cm³/mol. The Morgan fingerprint density at radius 1 is 1.13 bits per heavy atom. The van der Waals surface area contributed by atoms with Gasteiger partial charge in [-0.3, -0.25) is 9.59 Å². The lowest BCUT2D eigenvalue weighted by Gasteiger charge is -2.10. The van der Waals surface area contributed by atoms with Crippen molar-refractivity contribution in [3.8, 4) is 0 Å². The first-order chi connectivity index (χ1) is 14.6. The molecule has 2 N–H and O–H groups in total. The Labute approximate surface area is 181 Å². The van der Waals surface area contributed by atoms with Gasteiger partial charge in [-0.1, -0.05) is 6.07 Å². The van der Waals surface area contributed by atoms with Gasteiger partial charge in [0.05, 0.1) is 15.9 Å². The van der Waals surface area contributed by atoms with Gasteiger partial charge in [-0.25, -0.2) is 17.7 Å². The number of nitrogens with one attached hydrogen (secondary N) is 2. The van der Waals surface area contributed by atoms with Crippen LogP contribution in [0.2, 0.25) is 0 Å². The molecule has 31 heavy (non-hydrogen) atoms. The van der Waals surface area contributed by atoms with Crippen LogP contribution in [0.4, 0.5) is 5.69 Å². The van der Waals surface area contributed by atoms with Crippen molar-refractivity contribution < 1.29 is 18.0 Å². The van der Waals surface area contributed by atoms with Crippen LogP contribution in [0.15, 0.2) is 47.4 Å². The third-order valence-electron chi connectivity index (χ3n) is 4.93. The molecule has 1 heterocycles. The number of rotatable bonds is 7. The Kier molecular flexibility index (Phi) is 6.42. The van der Waals surface area contributed by atoms with Crippen molar-refractivity contribution in [1.82, 2.24) is 19.2 Å². The molecule has 9 nitrogen and oxygen atoms in total. The fourth-order valence-electron chi connectivity index (χ4n) is 3.16. The minimum atomic E-state index is -3.55. The number of amides is 2. The number of anilines is 1. The second-order valence-corrected chi connectivity index (χ2v) is 9.38. The molecule has 2 amide bonds. The lowest BCUT2D eigenvalue weighted by Crippen LogP contribution is -2.22. The molecule has 164 valence electrons. The molecule has 10 heteroatoms. The maximum atomic E-state index is 12.4. The molecule has 0 fully saturated rings. The number of aromatic nitrogens is 2. The Hall–Kier alpha value is -3.24. The van der Waals surface area contributed by atoms with Crippen LogP contribution >= 0.6 is 0 Å². The summed E-state index contributed by atoms with van der Waals surface area (Å²) in [4.78, 5) is 28.8. The zero-order chi connectivity index (χ0) is 22.8. The van der Waals surface area contributed by atoms with Gasteiger partial charge in [-0.2, -0.15) is 0 Å². The number of hydrogen-bond acceptors (Lipinski definition) is 5. The molecule has 0 radical (unpaired) electrons. The van der Waals surface area contributed by atoms with E-state index in [0.717, 1.165) is 9.82 Å². The zero-order valence-corrected chi connectivity index (χ0v) is 18.7. The average Bonchev–Trinajstić information content (AvgIpc) is 3.06. The second-order valence-electron chi connectivity index (χ2n) is 7.23. The quantitative estimate of drug-likeness (QED) is 0.578. The van der Waals surface area contributed by atoms with E-state index >= 15 is 0 Å². The highest BCUT2D eigenvalue weighted by atomic mass is 32.2. The summed E-state index contributed by atoms with van der Waals surface area (Å²) in [5.41, 5.74) is 2.33. The minimum Gasteiger partial charge on any atom is -0.355 e. The van der Waals surface area contributed by atoms with E-state index in [-0.39, 0.29) is 23.1 Å². The average molecular weight is 444 g/mol. The molecular weight excluding hydrogens is 418 g/mol. The van der Waals surface area contributed by atoms with Gasteiger partial charge in [-0.05, 0) is 36.4 Å². The summed E-state index contributed by atoms with van der Waals surface area (Å²) < 4.78 is 27.7. The van der Waals surface area contributed by atoms with Crippen LogP contribution in [0.5, 0.6) is 0 Å². The first-order valence-electron chi connectivity index (χ1n) is 9.63. The summed E-state index contributed by atoms with van der Waals surface area (Å²) in [6, 6.07) is 11.5. The summed E-state index contributed by atoms with van der Waals surface area (Å²) >= 11 is 0. The van der Waals surface area contributed by atoms with E-state index in [1.165, 1.54) is 14.1 Å². The number of carbonyl (C=O) groups is 2. The molecule has 0 bridgehead atoms. The van der Waals surface area contributed by atoms with Crippen LogP contribution < -0.4 is 10.6 Å². The van der Waals surface area contributed by atoms with E-state index < -0.39 is 10.0 Å². The van der Waals surface area contributed by atoms with E-state index in [1.807, 2.05) is 11.6 Å². The van der Waals surface area contributed by atoms with Crippen LogP contribution in [-0.4, -0.2) is 55.2 Å². The summed E-state index contributed by atoms with van der Waals surface area (Å²) in [5.74, 6) is 0.229. The first-order valence-corrected chi connectivity index (χ1v) is 11.1. The Morgan fingerprint density at radius 2 is 1.87 bits per heavy atom. The highest BCUT2D eigenvalue weighted by Crippen LogP contribution is 2.22. The molecule has 3 aromatic rings. The van der Waals surface area contributed by atoms with Gasteiger partial charge in [0.1, 0.15) is 5.82 Å². The SMILES string of the molecule is CNC(=O)c1cccc(NC(=O)CCc2nc3cc(S(=O)(=O)N(C)C)ccc3n2C)c1. The second kappa shape index (κ2) is 8.86. The highest BCUT2D eigenvalue weighted by Gasteiger charge is 2.19. The van der Waals surface area contributed by atoms with Crippen LogP contribution in [0, 0.1) is 0 Å². The number of sulfonamides is 1. The molecule has 1 aromatic heterocycles. The minimum absolute atomic E-state index is 0.170. The molecule has 0 saturated carbocycles. The summed E-state index contributed by atoms with van der Waals surface area (Å²) in [5, 5.41) is 5.33. The molecule has 0 saturated heterocycles. The summed E-state index contributed by atoms with van der Waals surface area (Å²) in [7, 11) is 2.78. The maximum absolute atomic E-state index is 12.4. The van der Waals surface area contributed by atoms with Crippen LogP contribution in [0.25, 0.3) is 11.0 Å². The van der Waals surface area contributed by atoms with Gasteiger partial charge in [0.25, 0.3) is 5.91 Å². The molecule has 0 aliphatic carbocycles. The Balaban J connectivity index is 1.73. The molecule has 0 unspecified atom stereocenters. The van der Waals surface area contributed by atoms with Crippen molar-refractivity contribution in [3.05, 3.63) is 53.9 Å². The number of imidazole rings is 1. The van der Waals surface area contributed by atoms with Gasteiger partial charge in [-0.15, -0.1) is 0 Å². The van der Waals surface area contributed by atoms with Gasteiger partial charge in [0.15, 0.2) is 0 Å². The van der Waals surface area contributed by atoms with Crippen molar-refractivity contribution in [2.75, 3.05) is 26.5 Å². The number of fused-ring (bicyclic) bond motifs is 1. The van der Waals surface area contributed by atoms with Gasteiger partial charge >= 0.3 is 0 Å². The van der Waals surface area contributed by atoms with Gasteiger partial charge in [0, 0.05) is 52.3 Å².